The first kappa shape index (κ1) is 15.6. The first-order valence-corrected chi connectivity index (χ1v) is 10.4. The summed E-state index contributed by atoms with van der Waals surface area (Å²) in [5.74, 6) is 1.52. The van der Waals surface area contributed by atoms with Gasteiger partial charge in [-0.1, -0.05) is 13.8 Å². The maximum Gasteiger partial charge on any atom is 0.169 e. The molecule has 6 fully saturated rings. The lowest BCUT2D eigenvalue weighted by atomic mass is 9.44. The Bertz CT molecular complexity index is 640. The van der Waals surface area contributed by atoms with Crippen LogP contribution in [0.25, 0.3) is 0 Å². The minimum atomic E-state index is -0.376. The Morgan fingerprint density at radius 1 is 1.04 bits per heavy atom. The number of ketones is 1. The Hall–Kier alpha value is -0.450. The molecule has 2 heterocycles. The van der Waals surface area contributed by atoms with Crippen molar-refractivity contribution in [2.45, 2.75) is 82.7 Å². The molecule has 0 radical (unpaired) electrons. The molecule has 2 spiro atoms. The van der Waals surface area contributed by atoms with E-state index in [9.17, 15) is 4.79 Å². The van der Waals surface area contributed by atoms with Gasteiger partial charge >= 0.3 is 0 Å². The molecule has 4 nitrogen and oxygen atoms in total. The second kappa shape index (κ2) is 4.51. The van der Waals surface area contributed by atoms with Crippen LogP contribution in [0.4, 0.5) is 0 Å². The number of ether oxygens (including phenoxy) is 3. The van der Waals surface area contributed by atoms with Crippen molar-refractivity contribution in [2.75, 3.05) is 13.2 Å². The summed E-state index contributed by atoms with van der Waals surface area (Å²) in [6.07, 6.45) is 8.82. The number of Topliss-reactive ketones (excluding diaryl/α,β-unsaturated/α-hetero) is 1. The number of fused-ring (bicyclic) bond motifs is 4. The molecular weight excluding hydrogens is 316 g/mol. The topological polar surface area (TPSA) is 48.1 Å². The van der Waals surface area contributed by atoms with Gasteiger partial charge < -0.3 is 14.2 Å². The van der Waals surface area contributed by atoms with Crippen molar-refractivity contribution in [3.05, 3.63) is 0 Å². The highest BCUT2D eigenvalue weighted by molar-refractivity contribution is 5.84. The van der Waals surface area contributed by atoms with Gasteiger partial charge in [-0.3, -0.25) is 4.79 Å². The predicted molar refractivity (Wildman–Crippen MR) is 90.9 cm³/mol. The van der Waals surface area contributed by atoms with Crippen LogP contribution in [-0.4, -0.2) is 36.5 Å². The van der Waals surface area contributed by atoms with Gasteiger partial charge in [0.2, 0.25) is 0 Å². The molecule has 0 N–H and O–H groups in total. The van der Waals surface area contributed by atoms with Crippen molar-refractivity contribution < 1.29 is 19.0 Å². The average Bonchev–Trinajstić information content (AvgIpc) is 2.95. The van der Waals surface area contributed by atoms with E-state index in [4.69, 9.17) is 14.2 Å². The zero-order chi connectivity index (χ0) is 17.1. The summed E-state index contributed by atoms with van der Waals surface area (Å²) in [7, 11) is 0. The molecule has 7 atom stereocenters. The lowest BCUT2D eigenvalue weighted by Gasteiger charge is -2.59. The number of hydrogen-bond acceptors (Lipinski definition) is 4. The Morgan fingerprint density at radius 2 is 1.84 bits per heavy atom. The molecule has 0 aromatic carbocycles. The number of carbonyl (C=O) groups is 1. The minimum Gasteiger partial charge on any atom is -0.365 e. The Kier molecular flexibility index (Phi) is 2.81. The van der Waals surface area contributed by atoms with Crippen molar-refractivity contribution in [2.24, 2.45) is 28.6 Å². The molecule has 6 rings (SSSR count). The van der Waals surface area contributed by atoms with Gasteiger partial charge in [-0.05, 0) is 49.4 Å². The summed E-state index contributed by atoms with van der Waals surface area (Å²) < 4.78 is 18.7. The first-order valence-electron chi connectivity index (χ1n) is 10.4. The van der Waals surface area contributed by atoms with E-state index in [1.165, 1.54) is 12.8 Å². The fourth-order valence-electron chi connectivity index (χ4n) is 8.24. The van der Waals surface area contributed by atoms with E-state index in [0.29, 0.717) is 23.7 Å². The van der Waals surface area contributed by atoms with Gasteiger partial charge in [0.25, 0.3) is 0 Å². The highest BCUT2D eigenvalue weighted by Crippen LogP contribution is 2.74. The molecular formula is C21H30O4. The molecule has 0 amide bonds. The number of carbonyl (C=O) groups excluding carboxylic acids is 1. The lowest BCUT2D eigenvalue weighted by Crippen LogP contribution is -2.61. The van der Waals surface area contributed by atoms with Gasteiger partial charge in [-0.25, -0.2) is 0 Å². The third kappa shape index (κ3) is 1.73. The second-order valence-electron chi connectivity index (χ2n) is 10.3. The van der Waals surface area contributed by atoms with Gasteiger partial charge in [-0.15, -0.1) is 0 Å². The molecule has 6 aliphatic rings. The largest absolute Gasteiger partial charge is 0.365 e. The molecule has 2 aliphatic heterocycles. The van der Waals surface area contributed by atoms with E-state index >= 15 is 0 Å². The third-order valence-corrected chi connectivity index (χ3v) is 9.43. The molecule has 25 heavy (non-hydrogen) atoms. The second-order valence-corrected chi connectivity index (χ2v) is 10.3. The standard InChI is InChI=1S/C21H30O4/c1-18-5-3-14-13(17(18)15(22)4-6-18)11-16-21(25-16)8-7-20(12-19(14,21)2)23-9-10-24-20/h13-14,16-17H,3-12H2,1-2H3/t13-,14+,16-,17-,18+,19+,21-/m0/s1. The summed E-state index contributed by atoms with van der Waals surface area (Å²) in [5.41, 5.74) is 0.383. The number of rotatable bonds is 0. The zero-order valence-electron chi connectivity index (χ0n) is 15.5. The highest BCUT2D eigenvalue weighted by Gasteiger charge is 2.78. The summed E-state index contributed by atoms with van der Waals surface area (Å²) in [6, 6.07) is 0. The maximum absolute atomic E-state index is 12.8. The number of hydrogen-bond donors (Lipinski definition) is 0. The van der Waals surface area contributed by atoms with Crippen molar-refractivity contribution in [1.82, 2.24) is 0 Å². The van der Waals surface area contributed by atoms with Crippen LogP contribution in [0, 0.1) is 28.6 Å². The summed E-state index contributed by atoms with van der Waals surface area (Å²) >= 11 is 0. The molecule has 0 unspecified atom stereocenters. The van der Waals surface area contributed by atoms with Crippen LogP contribution in [0.1, 0.15) is 65.2 Å². The van der Waals surface area contributed by atoms with E-state index in [1.807, 2.05) is 0 Å². The van der Waals surface area contributed by atoms with Crippen LogP contribution in [0.5, 0.6) is 0 Å². The SMILES string of the molecule is C[C@@]12CCC(=O)[C@@H]1[C@H]1C[C@@H]3O[C@@]34CCC3(C[C@]4(C)[C@@H]1CC2)OCCO3. The Morgan fingerprint density at radius 3 is 2.64 bits per heavy atom. The Labute approximate surface area is 150 Å². The molecule has 0 aromatic heterocycles. The van der Waals surface area contributed by atoms with Gasteiger partial charge in [0.05, 0.1) is 19.3 Å². The monoisotopic (exact) mass is 346 g/mol. The van der Waals surface area contributed by atoms with Crippen LogP contribution in [0.15, 0.2) is 0 Å². The van der Waals surface area contributed by atoms with Gasteiger partial charge in [-0.2, -0.15) is 0 Å². The molecule has 0 bridgehead atoms. The average molecular weight is 346 g/mol. The van der Waals surface area contributed by atoms with Gasteiger partial charge in [0, 0.05) is 30.6 Å². The smallest absolute Gasteiger partial charge is 0.169 e. The van der Waals surface area contributed by atoms with Crippen molar-refractivity contribution in [3.63, 3.8) is 0 Å². The van der Waals surface area contributed by atoms with Crippen molar-refractivity contribution in [3.8, 4) is 0 Å². The van der Waals surface area contributed by atoms with E-state index in [2.05, 4.69) is 13.8 Å². The number of epoxide rings is 1. The third-order valence-electron chi connectivity index (χ3n) is 9.43. The normalized spacial score (nSPS) is 58.4. The van der Waals surface area contributed by atoms with E-state index < -0.39 is 0 Å². The van der Waals surface area contributed by atoms with Crippen LogP contribution in [-0.2, 0) is 19.0 Å². The van der Waals surface area contributed by atoms with Crippen molar-refractivity contribution >= 4 is 5.78 Å². The summed E-state index contributed by atoms with van der Waals surface area (Å²) in [4.78, 5) is 12.8. The highest BCUT2D eigenvalue weighted by atomic mass is 16.7. The summed E-state index contributed by atoms with van der Waals surface area (Å²) in [6.45, 7) is 6.27. The van der Waals surface area contributed by atoms with Gasteiger partial charge in [0.1, 0.15) is 11.4 Å². The fraction of sp³-hybridized carbons (Fsp3) is 0.952. The predicted octanol–water partition coefficient (Wildman–Crippen LogP) is 3.47. The Balaban J connectivity index is 1.40. The quantitative estimate of drug-likeness (QED) is 0.630. The van der Waals surface area contributed by atoms with Crippen LogP contribution in [0.2, 0.25) is 0 Å². The van der Waals surface area contributed by atoms with E-state index in [-0.39, 0.29) is 28.1 Å². The van der Waals surface area contributed by atoms with Crippen molar-refractivity contribution in [1.29, 1.82) is 0 Å². The van der Waals surface area contributed by atoms with Crippen LogP contribution < -0.4 is 0 Å². The van der Waals surface area contributed by atoms with E-state index in [0.717, 1.165) is 51.7 Å². The molecule has 0 aromatic rings. The maximum atomic E-state index is 12.8. The summed E-state index contributed by atoms with van der Waals surface area (Å²) in [5, 5.41) is 0. The lowest BCUT2D eigenvalue weighted by molar-refractivity contribution is -0.234. The molecule has 4 saturated carbocycles. The van der Waals surface area contributed by atoms with Crippen LogP contribution in [0.3, 0.4) is 0 Å². The zero-order valence-corrected chi connectivity index (χ0v) is 15.5. The molecule has 2 saturated heterocycles. The molecule has 138 valence electrons. The van der Waals surface area contributed by atoms with Crippen LogP contribution >= 0.6 is 0 Å². The fourth-order valence-corrected chi connectivity index (χ4v) is 8.24. The molecule has 4 heteroatoms. The van der Waals surface area contributed by atoms with E-state index in [1.54, 1.807) is 0 Å². The van der Waals surface area contributed by atoms with Gasteiger partial charge in [0.15, 0.2) is 5.79 Å². The molecule has 4 aliphatic carbocycles. The first-order chi connectivity index (χ1) is 11.9. The minimum absolute atomic E-state index is 0.0458.